The lowest BCUT2D eigenvalue weighted by molar-refractivity contribution is 0.0293. The maximum atomic E-state index is 13.2. The highest BCUT2D eigenvalue weighted by molar-refractivity contribution is 6.32. The molecule has 2 aromatic heterocycles. The summed E-state index contributed by atoms with van der Waals surface area (Å²) in [5, 5.41) is 15.2. The van der Waals surface area contributed by atoms with Crippen LogP contribution in [-0.2, 0) is 24.4 Å². The van der Waals surface area contributed by atoms with Gasteiger partial charge < -0.3 is 20.1 Å². The number of aryl methyl sites for hydroxylation is 1. The SMILES string of the molecule is CCCNc1ncc(CN2C[C@@H]3NC(=O)c4ccc(Cl)c(c4)OCCCn4cc(nn4)CO[C@H]3C2)cn1. The number of nitrogens with one attached hydrogen (secondary N) is 2. The molecule has 3 aromatic rings. The summed E-state index contributed by atoms with van der Waals surface area (Å²) in [5.41, 5.74) is 2.23. The van der Waals surface area contributed by atoms with Crippen molar-refractivity contribution in [2.45, 2.75) is 51.6 Å². The maximum absolute atomic E-state index is 13.2. The second-order valence-corrected chi connectivity index (χ2v) is 9.69. The number of fused-ring (bicyclic) bond motifs is 5. The lowest BCUT2D eigenvalue weighted by Gasteiger charge is -2.20. The minimum Gasteiger partial charge on any atom is -0.492 e. The number of rotatable bonds is 5. The van der Waals surface area contributed by atoms with Crippen molar-refractivity contribution >= 4 is 23.5 Å². The van der Waals surface area contributed by atoms with Gasteiger partial charge in [-0.2, -0.15) is 0 Å². The summed E-state index contributed by atoms with van der Waals surface area (Å²) in [4.78, 5) is 24.2. The normalized spacial score (nSPS) is 20.6. The Labute approximate surface area is 220 Å². The third kappa shape index (κ3) is 6.54. The van der Waals surface area contributed by atoms with Crippen LogP contribution in [0.3, 0.4) is 0 Å². The Morgan fingerprint density at radius 3 is 2.95 bits per heavy atom. The number of nitrogens with zero attached hydrogens (tertiary/aromatic N) is 6. The summed E-state index contributed by atoms with van der Waals surface area (Å²) < 4.78 is 13.9. The van der Waals surface area contributed by atoms with Gasteiger partial charge in [0, 0.05) is 62.7 Å². The highest BCUT2D eigenvalue weighted by Gasteiger charge is 2.35. The molecule has 4 bridgehead atoms. The van der Waals surface area contributed by atoms with Gasteiger partial charge in [-0.15, -0.1) is 5.10 Å². The van der Waals surface area contributed by atoms with Crippen molar-refractivity contribution in [3.63, 3.8) is 0 Å². The lowest BCUT2D eigenvalue weighted by atomic mass is 10.1. The Morgan fingerprint density at radius 1 is 1.24 bits per heavy atom. The zero-order chi connectivity index (χ0) is 25.6. The molecule has 1 saturated heterocycles. The van der Waals surface area contributed by atoms with Gasteiger partial charge in [0.05, 0.1) is 36.6 Å². The first kappa shape index (κ1) is 25.4. The zero-order valence-corrected chi connectivity index (χ0v) is 21.5. The number of hydrogen-bond acceptors (Lipinski definition) is 9. The molecule has 12 heteroatoms. The zero-order valence-electron chi connectivity index (χ0n) is 20.8. The van der Waals surface area contributed by atoms with Crippen LogP contribution in [0.4, 0.5) is 5.95 Å². The molecule has 2 N–H and O–H groups in total. The average Bonchev–Trinajstić information content (AvgIpc) is 3.51. The van der Waals surface area contributed by atoms with Gasteiger partial charge in [-0.25, -0.2) is 9.97 Å². The Kier molecular flexibility index (Phi) is 8.12. The van der Waals surface area contributed by atoms with E-state index in [0.717, 1.165) is 30.6 Å². The van der Waals surface area contributed by atoms with Crippen LogP contribution in [-0.4, -0.2) is 74.2 Å². The van der Waals surface area contributed by atoms with Crippen LogP contribution >= 0.6 is 11.6 Å². The minimum atomic E-state index is -0.226. The fourth-order valence-electron chi connectivity index (χ4n) is 4.43. The highest BCUT2D eigenvalue weighted by Crippen LogP contribution is 2.26. The van der Waals surface area contributed by atoms with E-state index in [-0.39, 0.29) is 18.1 Å². The predicted octanol–water partition coefficient (Wildman–Crippen LogP) is 2.53. The molecule has 37 heavy (non-hydrogen) atoms. The van der Waals surface area contributed by atoms with Crippen molar-refractivity contribution in [3.8, 4) is 5.75 Å². The Balaban J connectivity index is 1.32. The first-order chi connectivity index (χ1) is 18.1. The van der Waals surface area contributed by atoms with Crippen molar-refractivity contribution in [2.24, 2.45) is 0 Å². The van der Waals surface area contributed by atoms with E-state index in [9.17, 15) is 4.79 Å². The van der Waals surface area contributed by atoms with Crippen molar-refractivity contribution in [1.82, 2.24) is 35.2 Å². The van der Waals surface area contributed by atoms with Gasteiger partial charge in [0.15, 0.2) is 0 Å². The number of carbonyl (C=O) groups is 1. The number of likely N-dealkylation sites (tertiary alicyclic amines) is 1. The summed E-state index contributed by atoms with van der Waals surface area (Å²) >= 11 is 6.31. The average molecular weight is 527 g/mol. The summed E-state index contributed by atoms with van der Waals surface area (Å²) in [6.45, 7) is 6.25. The molecular formula is C25H31ClN8O3. The van der Waals surface area contributed by atoms with E-state index in [4.69, 9.17) is 21.1 Å². The topological polar surface area (TPSA) is 119 Å². The van der Waals surface area contributed by atoms with Gasteiger partial charge in [-0.05, 0) is 24.6 Å². The number of amides is 1. The monoisotopic (exact) mass is 526 g/mol. The molecule has 11 nitrogen and oxygen atoms in total. The number of anilines is 1. The standard InChI is InChI=1S/C25H31ClN8O3/c1-2-6-27-25-28-10-17(11-29-25)12-33-14-21-23(15-33)37-16-19-13-34(32-31-19)7-3-8-36-22-9-18(24(35)30-21)4-5-20(22)26/h4-5,9-11,13,21,23H,2-3,6-8,12,14-16H2,1H3,(H,30,35)(H,27,28,29)/t21-,23-/m0/s1. The van der Waals surface area contributed by atoms with E-state index in [1.165, 1.54) is 0 Å². The Hall–Kier alpha value is -3.28. The van der Waals surface area contributed by atoms with Crippen molar-refractivity contribution in [2.75, 3.05) is 31.6 Å². The van der Waals surface area contributed by atoms with Crippen LogP contribution in [0.5, 0.6) is 5.75 Å². The second kappa shape index (κ2) is 11.8. The summed E-state index contributed by atoms with van der Waals surface area (Å²) in [7, 11) is 0. The second-order valence-electron chi connectivity index (χ2n) is 9.29. The quantitative estimate of drug-likeness (QED) is 0.516. The number of aromatic nitrogens is 5. The molecule has 2 aliphatic rings. The van der Waals surface area contributed by atoms with Crippen LogP contribution in [0.25, 0.3) is 0 Å². The van der Waals surface area contributed by atoms with E-state index in [1.807, 2.05) is 18.6 Å². The first-order valence-corrected chi connectivity index (χ1v) is 13.0. The van der Waals surface area contributed by atoms with Crippen LogP contribution in [0.1, 0.15) is 41.4 Å². The molecule has 196 valence electrons. The molecule has 2 atom stereocenters. The molecular weight excluding hydrogens is 496 g/mol. The molecule has 1 aromatic carbocycles. The summed E-state index contributed by atoms with van der Waals surface area (Å²) in [5.74, 6) is 0.912. The van der Waals surface area contributed by atoms with Gasteiger partial charge in [-0.1, -0.05) is 23.7 Å². The molecule has 0 spiro atoms. The minimum absolute atomic E-state index is 0.199. The molecule has 4 heterocycles. The van der Waals surface area contributed by atoms with Crippen LogP contribution in [0, 0.1) is 0 Å². The molecule has 5 rings (SSSR count). The Bertz CT molecular complexity index is 1200. The van der Waals surface area contributed by atoms with E-state index >= 15 is 0 Å². The molecule has 0 aliphatic carbocycles. The summed E-state index contributed by atoms with van der Waals surface area (Å²) in [6.07, 6.45) is 7.05. The fourth-order valence-corrected chi connectivity index (χ4v) is 4.61. The predicted molar refractivity (Wildman–Crippen MR) is 138 cm³/mol. The number of halogens is 1. The molecule has 2 aliphatic heterocycles. The largest absolute Gasteiger partial charge is 0.492 e. The van der Waals surface area contributed by atoms with E-state index < -0.39 is 0 Å². The van der Waals surface area contributed by atoms with E-state index in [0.29, 0.717) is 61.7 Å². The first-order valence-electron chi connectivity index (χ1n) is 12.6. The number of hydrogen-bond donors (Lipinski definition) is 2. The van der Waals surface area contributed by atoms with E-state index in [1.54, 1.807) is 22.9 Å². The van der Waals surface area contributed by atoms with Crippen molar-refractivity contribution in [1.29, 1.82) is 0 Å². The summed E-state index contributed by atoms with van der Waals surface area (Å²) in [6, 6.07) is 4.86. The third-order valence-electron chi connectivity index (χ3n) is 6.32. The van der Waals surface area contributed by atoms with E-state index in [2.05, 4.69) is 42.7 Å². The molecule has 0 unspecified atom stereocenters. The number of benzene rings is 1. The van der Waals surface area contributed by atoms with Crippen LogP contribution < -0.4 is 15.4 Å². The number of ether oxygens (including phenoxy) is 2. The van der Waals surface area contributed by atoms with Gasteiger partial charge in [0.25, 0.3) is 5.91 Å². The third-order valence-corrected chi connectivity index (χ3v) is 6.63. The van der Waals surface area contributed by atoms with Crippen molar-refractivity contribution in [3.05, 3.63) is 58.6 Å². The molecule has 0 radical (unpaired) electrons. The lowest BCUT2D eigenvalue weighted by Crippen LogP contribution is -2.44. The number of carbonyl (C=O) groups excluding carboxylic acids is 1. The Morgan fingerprint density at radius 2 is 2.11 bits per heavy atom. The van der Waals surface area contributed by atoms with Gasteiger partial charge in [0.1, 0.15) is 11.4 Å². The smallest absolute Gasteiger partial charge is 0.251 e. The molecule has 1 amide bonds. The molecule has 0 saturated carbocycles. The van der Waals surface area contributed by atoms with Crippen LogP contribution in [0.2, 0.25) is 5.02 Å². The van der Waals surface area contributed by atoms with Gasteiger partial charge >= 0.3 is 0 Å². The van der Waals surface area contributed by atoms with Crippen molar-refractivity contribution < 1.29 is 14.3 Å². The van der Waals surface area contributed by atoms with Gasteiger partial charge in [0.2, 0.25) is 5.95 Å². The van der Waals surface area contributed by atoms with Gasteiger partial charge in [-0.3, -0.25) is 14.4 Å². The highest BCUT2D eigenvalue weighted by atomic mass is 35.5. The molecule has 1 fully saturated rings. The fraction of sp³-hybridized carbons (Fsp3) is 0.480. The van der Waals surface area contributed by atoms with Crippen LogP contribution in [0.15, 0.2) is 36.8 Å². The maximum Gasteiger partial charge on any atom is 0.251 e.